The summed E-state index contributed by atoms with van der Waals surface area (Å²) in [5, 5.41) is 7.70. The normalized spacial score (nSPS) is 12.6. The summed E-state index contributed by atoms with van der Waals surface area (Å²) < 4.78 is 4.98. The topological polar surface area (TPSA) is 50.4 Å². The molecule has 2 unspecified atom stereocenters. The minimum Gasteiger partial charge on any atom is -0.465 e. The summed E-state index contributed by atoms with van der Waals surface area (Å²) in [6, 6.07) is 20.7. The average Bonchev–Trinajstić information content (AvgIpc) is 3.20. The van der Waals surface area contributed by atoms with E-state index in [0.717, 1.165) is 23.3 Å². The number of hydrogen-bond donors (Lipinski definition) is 2. The molecule has 4 nitrogen and oxygen atoms in total. The highest BCUT2D eigenvalue weighted by Crippen LogP contribution is 2.31. The summed E-state index contributed by atoms with van der Waals surface area (Å²) in [5.74, 6) is 0.176. The number of nitrogens with one attached hydrogen (secondary N) is 2. The Hall–Kier alpha value is -2.70. The van der Waals surface area contributed by atoms with Crippen LogP contribution >= 0.6 is 23.6 Å². The number of carbonyl (C=O) groups excluding carboxylic acids is 1. The Labute approximate surface area is 200 Å². The van der Waals surface area contributed by atoms with Crippen molar-refractivity contribution in [1.82, 2.24) is 5.32 Å². The van der Waals surface area contributed by atoms with Gasteiger partial charge in [0.15, 0.2) is 5.11 Å². The van der Waals surface area contributed by atoms with Gasteiger partial charge in [0.2, 0.25) is 0 Å². The third kappa shape index (κ3) is 6.17. The van der Waals surface area contributed by atoms with Crippen LogP contribution in [0, 0.1) is 0 Å². The van der Waals surface area contributed by atoms with Crippen molar-refractivity contribution in [3.05, 3.63) is 87.8 Å². The van der Waals surface area contributed by atoms with Crippen molar-refractivity contribution in [3.63, 3.8) is 0 Å². The molecule has 2 aromatic carbocycles. The zero-order valence-electron chi connectivity index (χ0n) is 19.0. The second kappa shape index (κ2) is 11.2. The Balaban J connectivity index is 1.69. The molecular formula is C26H30N2O2S2. The van der Waals surface area contributed by atoms with Gasteiger partial charge < -0.3 is 15.4 Å². The molecule has 0 spiro atoms. The number of anilines is 1. The summed E-state index contributed by atoms with van der Waals surface area (Å²) in [7, 11) is 1.39. The van der Waals surface area contributed by atoms with Crippen LogP contribution < -0.4 is 10.6 Å². The van der Waals surface area contributed by atoms with Crippen LogP contribution in [0.3, 0.4) is 0 Å². The molecule has 0 saturated carbocycles. The van der Waals surface area contributed by atoms with Crippen molar-refractivity contribution in [1.29, 1.82) is 0 Å². The molecule has 0 radical (unpaired) electrons. The number of carbonyl (C=O) groups is 1. The van der Waals surface area contributed by atoms with E-state index in [4.69, 9.17) is 17.0 Å². The highest BCUT2D eigenvalue weighted by Gasteiger charge is 2.18. The van der Waals surface area contributed by atoms with Gasteiger partial charge in [0.1, 0.15) is 5.00 Å². The first-order valence-corrected chi connectivity index (χ1v) is 12.1. The van der Waals surface area contributed by atoms with Gasteiger partial charge in [0.25, 0.3) is 0 Å². The maximum Gasteiger partial charge on any atom is 0.340 e. The quantitative estimate of drug-likeness (QED) is 0.286. The van der Waals surface area contributed by atoms with Gasteiger partial charge in [0.05, 0.1) is 18.7 Å². The minimum atomic E-state index is -0.375. The van der Waals surface area contributed by atoms with Gasteiger partial charge in [-0.1, -0.05) is 68.4 Å². The molecule has 6 heteroatoms. The lowest BCUT2D eigenvalue weighted by atomic mass is 9.96. The maximum absolute atomic E-state index is 12.3. The number of rotatable bonds is 8. The first-order chi connectivity index (χ1) is 15.4. The molecule has 32 heavy (non-hydrogen) atoms. The zero-order valence-corrected chi connectivity index (χ0v) is 20.6. The lowest BCUT2D eigenvalue weighted by Crippen LogP contribution is -2.31. The lowest BCUT2D eigenvalue weighted by Gasteiger charge is -2.18. The van der Waals surface area contributed by atoms with Crippen molar-refractivity contribution in [2.24, 2.45) is 0 Å². The van der Waals surface area contributed by atoms with Crippen molar-refractivity contribution >= 4 is 39.6 Å². The van der Waals surface area contributed by atoms with E-state index in [-0.39, 0.29) is 12.0 Å². The lowest BCUT2D eigenvalue weighted by molar-refractivity contribution is 0.0602. The van der Waals surface area contributed by atoms with Gasteiger partial charge in [-0.15, -0.1) is 11.3 Å². The van der Waals surface area contributed by atoms with E-state index in [9.17, 15) is 4.79 Å². The van der Waals surface area contributed by atoms with Crippen molar-refractivity contribution in [2.75, 3.05) is 12.4 Å². The van der Waals surface area contributed by atoms with Gasteiger partial charge in [0, 0.05) is 11.3 Å². The average molecular weight is 467 g/mol. The zero-order chi connectivity index (χ0) is 23.1. The first kappa shape index (κ1) is 24.0. The van der Waals surface area contributed by atoms with Crippen LogP contribution in [0.5, 0.6) is 0 Å². The summed E-state index contributed by atoms with van der Waals surface area (Å²) in [4.78, 5) is 13.4. The van der Waals surface area contributed by atoms with Crippen LogP contribution in [-0.2, 0) is 11.2 Å². The van der Waals surface area contributed by atoms with E-state index in [2.05, 4.69) is 67.8 Å². The molecule has 3 rings (SSSR count). The second-order valence-electron chi connectivity index (χ2n) is 7.91. The first-order valence-electron chi connectivity index (χ1n) is 10.8. The summed E-state index contributed by atoms with van der Waals surface area (Å²) >= 11 is 7.07. The number of thiophene rings is 1. The van der Waals surface area contributed by atoms with E-state index in [0.29, 0.717) is 21.6 Å². The molecule has 2 atom stereocenters. The van der Waals surface area contributed by atoms with Crippen LogP contribution in [0.4, 0.5) is 5.00 Å². The van der Waals surface area contributed by atoms with Crippen molar-refractivity contribution < 1.29 is 9.53 Å². The van der Waals surface area contributed by atoms with Gasteiger partial charge >= 0.3 is 5.97 Å². The van der Waals surface area contributed by atoms with Crippen molar-refractivity contribution in [2.45, 2.75) is 45.6 Å². The third-order valence-electron chi connectivity index (χ3n) is 5.60. The second-order valence-corrected chi connectivity index (χ2v) is 9.45. The van der Waals surface area contributed by atoms with Gasteiger partial charge in [-0.2, -0.15) is 0 Å². The van der Waals surface area contributed by atoms with Crippen LogP contribution in [0.15, 0.2) is 60.7 Å². The molecule has 0 amide bonds. The Morgan fingerprint density at radius 3 is 2.34 bits per heavy atom. The number of hydrogen-bond acceptors (Lipinski definition) is 4. The molecular weight excluding hydrogens is 436 g/mol. The molecule has 0 saturated heterocycles. The molecule has 2 N–H and O–H groups in total. The number of benzene rings is 2. The molecule has 1 heterocycles. The van der Waals surface area contributed by atoms with Gasteiger partial charge in [-0.3, -0.25) is 0 Å². The van der Waals surface area contributed by atoms with E-state index in [1.54, 1.807) is 0 Å². The molecule has 0 fully saturated rings. The predicted molar refractivity (Wildman–Crippen MR) is 138 cm³/mol. The number of thiocarbonyl (C=S) groups is 1. The van der Waals surface area contributed by atoms with Crippen molar-refractivity contribution in [3.8, 4) is 0 Å². The fourth-order valence-electron chi connectivity index (χ4n) is 3.45. The molecule has 1 aromatic heterocycles. The summed E-state index contributed by atoms with van der Waals surface area (Å²) in [6.45, 7) is 6.51. The smallest absolute Gasteiger partial charge is 0.340 e. The molecule has 0 aliphatic carbocycles. The van der Waals surface area contributed by atoms with E-state index in [1.165, 1.54) is 29.6 Å². The monoisotopic (exact) mass is 466 g/mol. The van der Waals surface area contributed by atoms with Crippen LogP contribution in [0.2, 0.25) is 0 Å². The van der Waals surface area contributed by atoms with E-state index >= 15 is 0 Å². The Morgan fingerprint density at radius 1 is 1.06 bits per heavy atom. The fourth-order valence-corrected chi connectivity index (χ4v) is 4.88. The molecule has 0 bridgehead atoms. The van der Waals surface area contributed by atoms with Gasteiger partial charge in [-0.25, -0.2) is 4.79 Å². The maximum atomic E-state index is 12.3. The van der Waals surface area contributed by atoms with Crippen LogP contribution in [0.25, 0.3) is 0 Å². The largest absolute Gasteiger partial charge is 0.465 e. The SMILES string of the molecule is CCC(C)c1ccc(C(C)NC(=S)Nc2sc(Cc3ccccc3)cc2C(=O)OC)cc1. The highest BCUT2D eigenvalue weighted by atomic mass is 32.1. The van der Waals surface area contributed by atoms with E-state index < -0.39 is 0 Å². The summed E-state index contributed by atoms with van der Waals surface area (Å²) in [5.41, 5.74) is 4.19. The molecule has 168 valence electrons. The molecule has 0 aliphatic heterocycles. The van der Waals surface area contributed by atoms with Crippen LogP contribution in [-0.4, -0.2) is 18.2 Å². The molecule has 3 aromatic rings. The number of methoxy groups -OCH3 is 1. The highest BCUT2D eigenvalue weighted by molar-refractivity contribution is 7.80. The number of ether oxygens (including phenoxy) is 1. The molecule has 0 aliphatic rings. The Kier molecular flexibility index (Phi) is 8.42. The predicted octanol–water partition coefficient (Wildman–Crippen LogP) is 6.69. The fraction of sp³-hybridized carbons (Fsp3) is 0.308. The van der Waals surface area contributed by atoms with Crippen LogP contribution in [0.1, 0.15) is 71.1 Å². The standard InChI is InChI=1S/C26H30N2O2S2/c1-5-17(2)20-11-13-21(14-12-20)18(3)27-26(31)28-24-23(25(29)30-4)16-22(32-24)15-19-9-7-6-8-10-19/h6-14,16-18H,5,15H2,1-4H3,(H2,27,28,31). The Bertz CT molecular complexity index is 1050. The minimum absolute atomic E-state index is 0.0336. The third-order valence-corrected chi connectivity index (χ3v) is 6.87. The summed E-state index contributed by atoms with van der Waals surface area (Å²) in [6.07, 6.45) is 1.87. The van der Waals surface area contributed by atoms with Gasteiger partial charge in [-0.05, 0) is 54.2 Å². The number of esters is 1. The Morgan fingerprint density at radius 2 is 1.72 bits per heavy atom. The van der Waals surface area contributed by atoms with E-state index in [1.807, 2.05) is 24.3 Å².